The number of hydrogen-bond acceptors (Lipinski definition) is 4. The van der Waals surface area contributed by atoms with Gasteiger partial charge >= 0.3 is 0 Å². The highest BCUT2D eigenvalue weighted by Gasteiger charge is 2.30. The Morgan fingerprint density at radius 1 is 1.29 bits per heavy atom. The number of carbonyl (C=O) groups excluding carboxylic acids is 2. The van der Waals surface area contributed by atoms with Gasteiger partial charge in [0, 0.05) is 31.1 Å². The number of anilines is 1. The Hall–Kier alpha value is -2.38. The molecule has 1 N–H and O–H groups in total. The average molecular weight is 447 g/mol. The van der Waals surface area contributed by atoms with Gasteiger partial charge in [-0.05, 0) is 25.0 Å². The van der Waals surface area contributed by atoms with Crippen molar-refractivity contribution in [2.45, 2.75) is 45.4 Å². The number of nitrogens with zero attached hydrogens (tertiary/aromatic N) is 3. The van der Waals surface area contributed by atoms with Gasteiger partial charge in [-0.15, -0.1) is 0 Å². The molecule has 0 spiro atoms. The number of para-hydroxylation sites is 1. The minimum absolute atomic E-state index is 0.0193. The molecule has 1 aromatic heterocycles. The Morgan fingerprint density at radius 3 is 2.58 bits per heavy atom. The van der Waals surface area contributed by atoms with Crippen molar-refractivity contribution in [3.63, 3.8) is 0 Å². The average Bonchev–Trinajstić information content (AvgIpc) is 3.08. The van der Waals surface area contributed by atoms with E-state index >= 15 is 0 Å². The molecule has 1 fully saturated rings. The van der Waals surface area contributed by atoms with E-state index in [1.807, 2.05) is 24.3 Å². The lowest BCUT2D eigenvalue weighted by Crippen LogP contribution is -2.44. The van der Waals surface area contributed by atoms with E-state index < -0.39 is 0 Å². The summed E-state index contributed by atoms with van der Waals surface area (Å²) in [7, 11) is 1.59. The fraction of sp³-hybridized carbons (Fsp3) is 0.522. The summed E-state index contributed by atoms with van der Waals surface area (Å²) in [5.74, 6) is 0.280. The lowest BCUT2D eigenvalue weighted by atomic mass is 9.84. The van der Waals surface area contributed by atoms with Crippen molar-refractivity contribution in [1.29, 1.82) is 0 Å². The second-order valence-electron chi connectivity index (χ2n) is 8.96. The smallest absolute Gasteiger partial charge is 0.245 e. The van der Waals surface area contributed by atoms with Gasteiger partial charge in [-0.1, -0.05) is 50.9 Å². The topological polar surface area (TPSA) is 76.5 Å². The number of methoxy groups -OCH3 is 1. The SMILES string of the molecule is COCCN(CC(=O)Nc1cc(C(C)(C)C)nn1-c1ccccc1Cl)C(=O)C1CCC1. The Bertz CT molecular complexity index is 931. The normalized spacial score (nSPS) is 14.2. The summed E-state index contributed by atoms with van der Waals surface area (Å²) in [5.41, 5.74) is 1.29. The third-order valence-electron chi connectivity index (χ3n) is 5.49. The molecule has 8 heteroatoms. The fourth-order valence-electron chi connectivity index (χ4n) is 3.38. The second kappa shape index (κ2) is 9.83. The van der Waals surface area contributed by atoms with Gasteiger partial charge in [0.05, 0.1) is 29.6 Å². The molecular formula is C23H31ClN4O3. The molecule has 0 bridgehead atoms. The van der Waals surface area contributed by atoms with Crippen molar-refractivity contribution < 1.29 is 14.3 Å². The molecule has 2 amide bonds. The monoisotopic (exact) mass is 446 g/mol. The molecule has 7 nitrogen and oxygen atoms in total. The molecule has 0 radical (unpaired) electrons. The summed E-state index contributed by atoms with van der Waals surface area (Å²) in [6, 6.07) is 9.20. The fourth-order valence-corrected chi connectivity index (χ4v) is 3.60. The molecule has 0 saturated heterocycles. The number of carbonyl (C=O) groups is 2. The lowest BCUT2D eigenvalue weighted by Gasteiger charge is -2.31. The van der Waals surface area contributed by atoms with Crippen LogP contribution in [-0.4, -0.2) is 53.3 Å². The number of rotatable bonds is 8. The number of amides is 2. The number of nitrogens with one attached hydrogen (secondary N) is 1. The number of aromatic nitrogens is 2. The molecule has 1 aromatic carbocycles. The minimum Gasteiger partial charge on any atom is -0.383 e. The van der Waals surface area contributed by atoms with Gasteiger partial charge < -0.3 is 15.0 Å². The Morgan fingerprint density at radius 2 is 2.00 bits per heavy atom. The molecule has 1 saturated carbocycles. The number of ether oxygens (including phenoxy) is 1. The van der Waals surface area contributed by atoms with Gasteiger partial charge in [-0.2, -0.15) is 5.10 Å². The van der Waals surface area contributed by atoms with Gasteiger partial charge in [0.2, 0.25) is 11.8 Å². The molecule has 0 atom stereocenters. The molecule has 2 aromatic rings. The quantitative estimate of drug-likeness (QED) is 0.664. The molecule has 1 aliphatic carbocycles. The van der Waals surface area contributed by atoms with Crippen LogP contribution >= 0.6 is 11.6 Å². The van der Waals surface area contributed by atoms with Gasteiger partial charge in [0.25, 0.3) is 0 Å². The first-order valence-corrected chi connectivity index (χ1v) is 11.0. The van der Waals surface area contributed by atoms with Crippen LogP contribution in [0, 0.1) is 5.92 Å². The van der Waals surface area contributed by atoms with Crippen molar-refractivity contribution in [3.8, 4) is 5.69 Å². The summed E-state index contributed by atoms with van der Waals surface area (Å²) < 4.78 is 6.78. The van der Waals surface area contributed by atoms with Crippen LogP contribution in [0.5, 0.6) is 0 Å². The number of hydrogen-bond donors (Lipinski definition) is 1. The van der Waals surface area contributed by atoms with Crippen molar-refractivity contribution >= 4 is 29.2 Å². The molecule has 168 valence electrons. The Balaban J connectivity index is 1.82. The summed E-state index contributed by atoms with van der Waals surface area (Å²) in [6.07, 6.45) is 2.84. The van der Waals surface area contributed by atoms with E-state index in [1.54, 1.807) is 22.8 Å². The van der Waals surface area contributed by atoms with E-state index in [1.165, 1.54) is 0 Å². The molecular weight excluding hydrogens is 416 g/mol. The highest BCUT2D eigenvalue weighted by Crippen LogP contribution is 2.30. The Kier molecular flexibility index (Phi) is 7.38. The standard InChI is InChI=1S/C23H31ClN4O3/c1-23(2,3)19-14-20(28(26-19)18-11-6-5-10-17(18)24)25-21(29)15-27(12-13-31-4)22(30)16-8-7-9-16/h5-6,10-11,14,16H,7-9,12-13,15H2,1-4H3,(H,25,29). The highest BCUT2D eigenvalue weighted by atomic mass is 35.5. The van der Waals surface area contributed by atoms with E-state index in [9.17, 15) is 9.59 Å². The van der Waals surface area contributed by atoms with Crippen LogP contribution in [0.25, 0.3) is 5.69 Å². The third kappa shape index (κ3) is 5.66. The first kappa shape index (κ1) is 23.3. The van der Waals surface area contributed by atoms with Crippen molar-refractivity contribution in [2.24, 2.45) is 5.92 Å². The maximum atomic E-state index is 12.9. The second-order valence-corrected chi connectivity index (χ2v) is 9.36. The van der Waals surface area contributed by atoms with Crippen LogP contribution in [0.15, 0.2) is 30.3 Å². The largest absolute Gasteiger partial charge is 0.383 e. The third-order valence-corrected chi connectivity index (χ3v) is 5.81. The highest BCUT2D eigenvalue weighted by molar-refractivity contribution is 6.32. The molecule has 1 aliphatic rings. The zero-order valence-electron chi connectivity index (χ0n) is 18.7. The van der Waals surface area contributed by atoms with Crippen LogP contribution in [0.4, 0.5) is 5.82 Å². The number of benzene rings is 1. The first-order valence-electron chi connectivity index (χ1n) is 10.6. The molecule has 3 rings (SSSR count). The van der Waals surface area contributed by atoms with Crippen LogP contribution in [0.2, 0.25) is 5.02 Å². The van der Waals surface area contributed by atoms with Crippen molar-refractivity contribution in [2.75, 3.05) is 32.1 Å². The van der Waals surface area contributed by atoms with Gasteiger partial charge in [-0.3, -0.25) is 9.59 Å². The predicted molar refractivity (Wildman–Crippen MR) is 122 cm³/mol. The summed E-state index contributed by atoms with van der Waals surface area (Å²) in [6.45, 7) is 6.91. The van der Waals surface area contributed by atoms with Gasteiger partial charge in [-0.25, -0.2) is 4.68 Å². The van der Waals surface area contributed by atoms with Crippen molar-refractivity contribution in [3.05, 3.63) is 41.0 Å². The molecule has 0 unspecified atom stereocenters. The van der Waals surface area contributed by atoms with E-state index in [2.05, 4.69) is 26.1 Å². The van der Waals surface area contributed by atoms with E-state index in [-0.39, 0.29) is 29.7 Å². The summed E-state index contributed by atoms with van der Waals surface area (Å²) in [5, 5.41) is 8.16. The summed E-state index contributed by atoms with van der Waals surface area (Å²) >= 11 is 6.39. The van der Waals surface area contributed by atoms with E-state index in [0.717, 1.165) is 25.0 Å². The summed E-state index contributed by atoms with van der Waals surface area (Å²) in [4.78, 5) is 27.3. The lowest BCUT2D eigenvalue weighted by molar-refractivity contribution is -0.141. The van der Waals surface area contributed by atoms with E-state index in [4.69, 9.17) is 21.4 Å². The number of halogens is 1. The van der Waals surface area contributed by atoms with Crippen LogP contribution in [-0.2, 0) is 19.7 Å². The zero-order chi connectivity index (χ0) is 22.6. The minimum atomic E-state index is -0.280. The Labute approximate surface area is 188 Å². The molecule has 31 heavy (non-hydrogen) atoms. The van der Waals surface area contributed by atoms with E-state index in [0.29, 0.717) is 29.7 Å². The van der Waals surface area contributed by atoms with Crippen LogP contribution < -0.4 is 5.32 Å². The molecule has 0 aliphatic heterocycles. The van der Waals surface area contributed by atoms with Gasteiger partial charge in [0.1, 0.15) is 5.82 Å². The van der Waals surface area contributed by atoms with Gasteiger partial charge in [0.15, 0.2) is 0 Å². The maximum Gasteiger partial charge on any atom is 0.245 e. The maximum absolute atomic E-state index is 12.9. The zero-order valence-corrected chi connectivity index (χ0v) is 19.4. The predicted octanol–water partition coefficient (Wildman–Crippen LogP) is 4.04. The van der Waals surface area contributed by atoms with Crippen LogP contribution in [0.3, 0.4) is 0 Å². The van der Waals surface area contributed by atoms with Crippen LogP contribution in [0.1, 0.15) is 45.7 Å². The van der Waals surface area contributed by atoms with Crippen molar-refractivity contribution in [1.82, 2.24) is 14.7 Å². The molecule has 1 heterocycles. The first-order chi connectivity index (χ1) is 14.7.